The molecule has 6 heteroatoms. The first-order valence-electron chi connectivity index (χ1n) is 9.58. The Kier molecular flexibility index (Phi) is 4.19. The normalized spacial score (nSPS) is 19.8. The highest BCUT2D eigenvalue weighted by atomic mass is 16.5. The molecule has 148 valence electrons. The molecule has 6 nitrogen and oxygen atoms in total. The minimum Gasteiger partial charge on any atom is -0.493 e. The SMILES string of the molecule is COc1ccc([C@@H]2Oc3ccccc3[C@H]3CC(c4ccc(C)o4)=NN32)cc1OC. The molecule has 5 rings (SSSR count). The molecule has 0 N–H and O–H groups in total. The molecule has 2 atom stereocenters. The van der Waals surface area contributed by atoms with Gasteiger partial charge in [-0.2, -0.15) is 5.10 Å². The summed E-state index contributed by atoms with van der Waals surface area (Å²) in [6.45, 7) is 1.94. The number of hydrazone groups is 1. The van der Waals surface area contributed by atoms with E-state index in [9.17, 15) is 0 Å². The molecule has 3 heterocycles. The van der Waals surface area contributed by atoms with Gasteiger partial charge >= 0.3 is 0 Å². The molecular weight excluding hydrogens is 368 g/mol. The van der Waals surface area contributed by atoms with Crippen LogP contribution in [0, 0.1) is 6.92 Å². The van der Waals surface area contributed by atoms with Crippen molar-refractivity contribution in [2.75, 3.05) is 14.2 Å². The number of para-hydroxylation sites is 1. The topological polar surface area (TPSA) is 56.4 Å². The number of fused-ring (bicyclic) bond motifs is 3. The Hall–Kier alpha value is -3.41. The van der Waals surface area contributed by atoms with Crippen molar-refractivity contribution < 1.29 is 18.6 Å². The Morgan fingerprint density at radius 1 is 1.00 bits per heavy atom. The number of aryl methyl sites for hydroxylation is 1. The van der Waals surface area contributed by atoms with Crippen LogP contribution in [0.5, 0.6) is 17.2 Å². The molecule has 0 spiro atoms. The monoisotopic (exact) mass is 390 g/mol. The molecular formula is C23H22N2O4. The van der Waals surface area contributed by atoms with Crippen LogP contribution in [0.1, 0.15) is 41.3 Å². The Morgan fingerprint density at radius 2 is 1.83 bits per heavy atom. The van der Waals surface area contributed by atoms with Crippen LogP contribution in [-0.4, -0.2) is 24.9 Å². The van der Waals surface area contributed by atoms with E-state index in [1.54, 1.807) is 14.2 Å². The molecule has 0 amide bonds. The predicted molar refractivity (Wildman–Crippen MR) is 109 cm³/mol. The van der Waals surface area contributed by atoms with Crippen LogP contribution in [0.15, 0.2) is 64.1 Å². The maximum atomic E-state index is 6.39. The quantitative estimate of drug-likeness (QED) is 0.638. The van der Waals surface area contributed by atoms with E-state index in [4.69, 9.17) is 23.7 Å². The number of hydrogen-bond donors (Lipinski definition) is 0. The van der Waals surface area contributed by atoms with Crippen molar-refractivity contribution >= 4 is 5.71 Å². The zero-order valence-corrected chi connectivity index (χ0v) is 16.6. The third kappa shape index (κ3) is 2.92. The number of nitrogens with zero attached hydrogens (tertiary/aromatic N) is 2. The largest absolute Gasteiger partial charge is 0.493 e. The van der Waals surface area contributed by atoms with E-state index < -0.39 is 0 Å². The minimum absolute atomic E-state index is 0.0819. The summed E-state index contributed by atoms with van der Waals surface area (Å²) in [5.74, 6) is 3.90. The summed E-state index contributed by atoms with van der Waals surface area (Å²) in [6.07, 6.45) is 0.389. The summed E-state index contributed by atoms with van der Waals surface area (Å²) in [4.78, 5) is 0. The second-order valence-electron chi connectivity index (χ2n) is 7.18. The zero-order chi connectivity index (χ0) is 20.0. The summed E-state index contributed by atoms with van der Waals surface area (Å²) in [5.41, 5.74) is 3.00. The number of rotatable bonds is 4. The van der Waals surface area contributed by atoms with E-state index in [0.717, 1.165) is 40.5 Å². The van der Waals surface area contributed by atoms with Crippen LogP contribution in [0.25, 0.3) is 0 Å². The molecule has 0 fully saturated rings. The molecule has 29 heavy (non-hydrogen) atoms. The summed E-state index contributed by atoms with van der Waals surface area (Å²) >= 11 is 0. The van der Waals surface area contributed by atoms with Gasteiger partial charge in [0.1, 0.15) is 23.0 Å². The lowest BCUT2D eigenvalue weighted by Crippen LogP contribution is -2.33. The fourth-order valence-electron chi connectivity index (χ4n) is 4.00. The molecule has 0 bridgehead atoms. The third-order valence-electron chi connectivity index (χ3n) is 5.42. The fourth-order valence-corrected chi connectivity index (χ4v) is 4.00. The molecule has 0 radical (unpaired) electrons. The Balaban J connectivity index is 1.59. The zero-order valence-electron chi connectivity index (χ0n) is 16.6. The van der Waals surface area contributed by atoms with Crippen molar-refractivity contribution in [3.8, 4) is 17.2 Å². The Morgan fingerprint density at radius 3 is 2.59 bits per heavy atom. The molecule has 1 aromatic heterocycles. The summed E-state index contributed by atoms with van der Waals surface area (Å²) in [6, 6.07) is 18.0. The van der Waals surface area contributed by atoms with E-state index in [1.165, 1.54) is 0 Å². The van der Waals surface area contributed by atoms with Gasteiger partial charge < -0.3 is 18.6 Å². The molecule has 0 aliphatic carbocycles. The van der Waals surface area contributed by atoms with Gasteiger partial charge in [-0.15, -0.1) is 0 Å². The molecule has 0 saturated carbocycles. The van der Waals surface area contributed by atoms with E-state index in [0.29, 0.717) is 11.5 Å². The number of hydrogen-bond acceptors (Lipinski definition) is 6. The average molecular weight is 390 g/mol. The van der Waals surface area contributed by atoms with E-state index in [-0.39, 0.29) is 12.3 Å². The minimum atomic E-state index is -0.372. The molecule has 2 aromatic carbocycles. The predicted octanol–water partition coefficient (Wildman–Crippen LogP) is 4.85. The number of furan rings is 1. The van der Waals surface area contributed by atoms with Gasteiger partial charge in [0.25, 0.3) is 0 Å². The molecule has 0 unspecified atom stereocenters. The van der Waals surface area contributed by atoms with Crippen LogP contribution in [-0.2, 0) is 0 Å². The van der Waals surface area contributed by atoms with Crippen LogP contribution in [0.3, 0.4) is 0 Å². The summed E-state index contributed by atoms with van der Waals surface area (Å²) in [5, 5.41) is 6.93. The van der Waals surface area contributed by atoms with Gasteiger partial charge in [0.15, 0.2) is 11.5 Å². The first kappa shape index (κ1) is 17.7. The van der Waals surface area contributed by atoms with Crippen LogP contribution >= 0.6 is 0 Å². The highest BCUT2D eigenvalue weighted by molar-refractivity contribution is 5.99. The summed E-state index contributed by atoms with van der Waals surface area (Å²) < 4.78 is 23.1. The van der Waals surface area contributed by atoms with E-state index in [1.807, 2.05) is 60.5 Å². The average Bonchev–Trinajstić information content (AvgIpc) is 3.39. The molecule has 2 aliphatic heterocycles. The van der Waals surface area contributed by atoms with Crippen molar-refractivity contribution in [2.45, 2.75) is 25.6 Å². The standard InChI is InChI=1S/C23H22N2O4/c1-14-8-10-20(28-14)17-13-18-16-6-4-5-7-19(16)29-23(25(18)24-17)15-9-11-21(26-2)22(12-15)27-3/h4-12,18,23H,13H2,1-3H3/t18-,23+/m1/s1. The fraction of sp³-hybridized carbons (Fsp3) is 0.261. The van der Waals surface area contributed by atoms with Crippen molar-refractivity contribution in [2.24, 2.45) is 5.10 Å². The lowest BCUT2D eigenvalue weighted by atomic mass is 9.97. The van der Waals surface area contributed by atoms with Gasteiger partial charge in [-0.25, -0.2) is 5.01 Å². The van der Waals surface area contributed by atoms with Gasteiger partial charge in [0, 0.05) is 17.5 Å². The lowest BCUT2D eigenvalue weighted by molar-refractivity contribution is -0.0191. The molecule has 0 saturated heterocycles. The first-order valence-corrected chi connectivity index (χ1v) is 9.58. The smallest absolute Gasteiger partial charge is 0.214 e. The lowest BCUT2D eigenvalue weighted by Gasteiger charge is -2.38. The van der Waals surface area contributed by atoms with Crippen LogP contribution in [0.2, 0.25) is 0 Å². The second-order valence-corrected chi connectivity index (χ2v) is 7.18. The maximum Gasteiger partial charge on any atom is 0.214 e. The number of ether oxygens (including phenoxy) is 3. The van der Waals surface area contributed by atoms with Gasteiger partial charge in [-0.3, -0.25) is 0 Å². The second kappa shape index (κ2) is 6.88. The summed E-state index contributed by atoms with van der Waals surface area (Å²) in [7, 11) is 3.26. The van der Waals surface area contributed by atoms with E-state index >= 15 is 0 Å². The highest BCUT2D eigenvalue weighted by Crippen LogP contribution is 2.48. The van der Waals surface area contributed by atoms with Crippen molar-refractivity contribution in [1.82, 2.24) is 5.01 Å². The van der Waals surface area contributed by atoms with Gasteiger partial charge in [-0.05, 0) is 43.3 Å². The van der Waals surface area contributed by atoms with E-state index in [2.05, 4.69) is 6.07 Å². The number of methoxy groups -OCH3 is 2. The van der Waals surface area contributed by atoms with Gasteiger partial charge in [0.2, 0.25) is 6.23 Å². The molecule has 2 aliphatic rings. The van der Waals surface area contributed by atoms with Crippen LogP contribution in [0.4, 0.5) is 0 Å². The molecule has 3 aromatic rings. The first-order chi connectivity index (χ1) is 14.2. The number of benzene rings is 2. The van der Waals surface area contributed by atoms with Crippen molar-refractivity contribution in [3.63, 3.8) is 0 Å². The highest BCUT2D eigenvalue weighted by Gasteiger charge is 2.41. The Labute approximate surface area is 169 Å². The van der Waals surface area contributed by atoms with Gasteiger partial charge in [-0.1, -0.05) is 18.2 Å². The third-order valence-corrected chi connectivity index (χ3v) is 5.42. The van der Waals surface area contributed by atoms with Crippen LogP contribution < -0.4 is 14.2 Å². The van der Waals surface area contributed by atoms with Crippen molar-refractivity contribution in [3.05, 3.63) is 77.2 Å². The van der Waals surface area contributed by atoms with Crippen molar-refractivity contribution in [1.29, 1.82) is 0 Å². The van der Waals surface area contributed by atoms with Gasteiger partial charge in [0.05, 0.1) is 20.3 Å². The maximum absolute atomic E-state index is 6.39. The Bertz CT molecular complexity index is 1090.